The van der Waals surface area contributed by atoms with Crippen molar-refractivity contribution in [3.8, 4) is 11.5 Å². The number of nitrogens with one attached hydrogen (secondary N) is 1. The first kappa shape index (κ1) is 15.4. The lowest BCUT2D eigenvalue weighted by molar-refractivity contribution is -0.132. The van der Waals surface area contributed by atoms with Crippen LogP contribution in [-0.4, -0.2) is 47.6 Å². The Balaban J connectivity index is 1.50. The summed E-state index contributed by atoms with van der Waals surface area (Å²) in [5.74, 6) is 2.69. The molecule has 1 saturated heterocycles. The average Bonchev–Trinajstić information content (AvgIpc) is 3.22. The van der Waals surface area contributed by atoms with Crippen LogP contribution >= 0.6 is 0 Å². The van der Waals surface area contributed by atoms with Crippen LogP contribution in [0, 0.1) is 6.92 Å². The second-order valence-electron chi connectivity index (χ2n) is 5.74. The van der Waals surface area contributed by atoms with Crippen LogP contribution in [0.4, 0.5) is 0 Å². The number of methoxy groups -OCH3 is 1. The number of rotatable bonds is 5. The third-order valence-corrected chi connectivity index (χ3v) is 4.07. The number of hydrogen-bond acceptors (Lipinski definition) is 4. The van der Waals surface area contributed by atoms with Gasteiger partial charge in [-0.1, -0.05) is 0 Å². The van der Waals surface area contributed by atoms with Crippen molar-refractivity contribution in [2.24, 2.45) is 0 Å². The number of imidazole rings is 1. The lowest BCUT2D eigenvalue weighted by Gasteiger charge is -2.16. The molecule has 1 atom stereocenters. The second kappa shape index (κ2) is 6.73. The van der Waals surface area contributed by atoms with E-state index >= 15 is 0 Å². The average molecular weight is 315 g/mol. The van der Waals surface area contributed by atoms with Crippen molar-refractivity contribution >= 4 is 5.91 Å². The predicted molar refractivity (Wildman–Crippen MR) is 85.8 cm³/mol. The van der Waals surface area contributed by atoms with Gasteiger partial charge in [0.05, 0.1) is 7.11 Å². The van der Waals surface area contributed by atoms with Crippen molar-refractivity contribution < 1.29 is 14.3 Å². The van der Waals surface area contributed by atoms with Gasteiger partial charge >= 0.3 is 0 Å². The molecule has 1 aromatic heterocycles. The normalized spacial score (nSPS) is 17.3. The maximum absolute atomic E-state index is 12.3. The van der Waals surface area contributed by atoms with Crippen molar-refractivity contribution in [1.29, 1.82) is 0 Å². The predicted octanol–water partition coefficient (Wildman–Crippen LogP) is 2.12. The Morgan fingerprint density at radius 2 is 2.09 bits per heavy atom. The molecule has 1 aliphatic rings. The van der Waals surface area contributed by atoms with E-state index in [1.165, 1.54) is 0 Å². The maximum Gasteiger partial charge on any atom is 0.260 e. The highest BCUT2D eigenvalue weighted by atomic mass is 16.5. The van der Waals surface area contributed by atoms with Crippen LogP contribution in [0.1, 0.15) is 23.9 Å². The van der Waals surface area contributed by atoms with Gasteiger partial charge in [0, 0.05) is 30.9 Å². The minimum atomic E-state index is 0.00611. The maximum atomic E-state index is 12.3. The number of aromatic amines is 1. The number of benzene rings is 1. The number of hydrogen-bond donors (Lipinski definition) is 1. The van der Waals surface area contributed by atoms with E-state index in [-0.39, 0.29) is 18.4 Å². The number of ether oxygens (including phenoxy) is 2. The molecule has 1 aromatic carbocycles. The zero-order valence-electron chi connectivity index (χ0n) is 13.4. The first-order valence-electron chi connectivity index (χ1n) is 7.72. The van der Waals surface area contributed by atoms with Crippen molar-refractivity contribution in [2.45, 2.75) is 19.3 Å². The molecule has 1 fully saturated rings. The molecule has 1 N–H and O–H groups in total. The first-order valence-corrected chi connectivity index (χ1v) is 7.72. The quantitative estimate of drug-likeness (QED) is 0.918. The number of carbonyl (C=O) groups is 1. The number of aromatic nitrogens is 2. The van der Waals surface area contributed by atoms with Gasteiger partial charge in [-0.05, 0) is 37.6 Å². The van der Waals surface area contributed by atoms with Gasteiger partial charge in [-0.25, -0.2) is 4.98 Å². The monoisotopic (exact) mass is 315 g/mol. The van der Waals surface area contributed by atoms with E-state index in [0.29, 0.717) is 12.3 Å². The Bertz CT molecular complexity index is 666. The first-order chi connectivity index (χ1) is 11.2. The second-order valence-corrected chi connectivity index (χ2v) is 5.74. The Hall–Kier alpha value is -2.50. The van der Waals surface area contributed by atoms with E-state index in [4.69, 9.17) is 9.47 Å². The van der Waals surface area contributed by atoms with Crippen molar-refractivity contribution in [3.63, 3.8) is 0 Å². The highest BCUT2D eigenvalue weighted by molar-refractivity contribution is 5.78. The van der Waals surface area contributed by atoms with Gasteiger partial charge in [0.1, 0.15) is 17.3 Å². The topological polar surface area (TPSA) is 67.5 Å². The van der Waals surface area contributed by atoms with Gasteiger partial charge in [0.2, 0.25) is 0 Å². The summed E-state index contributed by atoms with van der Waals surface area (Å²) in [7, 11) is 1.61. The van der Waals surface area contributed by atoms with E-state index in [9.17, 15) is 4.79 Å². The molecule has 1 unspecified atom stereocenters. The van der Waals surface area contributed by atoms with E-state index in [1.54, 1.807) is 19.2 Å². The molecule has 23 heavy (non-hydrogen) atoms. The molecule has 122 valence electrons. The SMILES string of the molecule is COc1ccc(OCC(=O)N2CCC(c3ncc(C)[nH]3)C2)cc1. The molecule has 0 saturated carbocycles. The zero-order chi connectivity index (χ0) is 16.2. The van der Waals surface area contributed by atoms with Crippen molar-refractivity contribution in [1.82, 2.24) is 14.9 Å². The van der Waals surface area contributed by atoms with Gasteiger partial charge in [-0.3, -0.25) is 4.79 Å². The lowest BCUT2D eigenvalue weighted by Crippen LogP contribution is -2.32. The van der Waals surface area contributed by atoms with Crippen molar-refractivity contribution in [3.05, 3.63) is 42.0 Å². The summed E-state index contributed by atoms with van der Waals surface area (Å²) in [6.07, 6.45) is 2.76. The molecule has 0 radical (unpaired) electrons. The molecule has 6 heteroatoms. The van der Waals surface area contributed by atoms with E-state index in [2.05, 4.69) is 9.97 Å². The Kier molecular flexibility index (Phi) is 4.50. The van der Waals surface area contributed by atoms with Crippen LogP contribution in [0.25, 0.3) is 0 Å². The van der Waals surface area contributed by atoms with Gasteiger partial charge < -0.3 is 19.4 Å². The van der Waals surface area contributed by atoms with Crippen LogP contribution in [0.2, 0.25) is 0 Å². The fourth-order valence-electron chi connectivity index (χ4n) is 2.76. The molecule has 0 aliphatic carbocycles. The fraction of sp³-hybridized carbons (Fsp3) is 0.412. The van der Waals surface area contributed by atoms with E-state index in [1.807, 2.05) is 30.2 Å². The Morgan fingerprint density at radius 3 is 2.74 bits per heavy atom. The molecular weight excluding hydrogens is 294 g/mol. The minimum absolute atomic E-state index is 0.00611. The van der Waals surface area contributed by atoms with Gasteiger partial charge in [0.15, 0.2) is 6.61 Å². The summed E-state index contributed by atoms with van der Waals surface area (Å²) < 4.78 is 10.6. The Morgan fingerprint density at radius 1 is 1.35 bits per heavy atom. The largest absolute Gasteiger partial charge is 0.497 e. The molecule has 3 rings (SSSR count). The highest BCUT2D eigenvalue weighted by Crippen LogP contribution is 2.25. The molecule has 2 aromatic rings. The summed E-state index contributed by atoms with van der Waals surface area (Å²) in [4.78, 5) is 21.7. The van der Waals surface area contributed by atoms with Crippen LogP contribution in [0.15, 0.2) is 30.5 Å². The summed E-state index contributed by atoms with van der Waals surface area (Å²) in [6.45, 7) is 3.47. The van der Waals surface area contributed by atoms with Gasteiger partial charge in [-0.2, -0.15) is 0 Å². The Labute approximate surface area is 135 Å². The molecule has 2 heterocycles. The van der Waals surface area contributed by atoms with Crippen LogP contribution in [-0.2, 0) is 4.79 Å². The standard InChI is InChI=1S/C17H21N3O3/c1-12-9-18-17(19-12)13-7-8-20(10-13)16(21)11-23-15-5-3-14(22-2)4-6-15/h3-6,9,13H,7-8,10-11H2,1-2H3,(H,18,19). The number of amides is 1. The third-order valence-electron chi connectivity index (χ3n) is 4.07. The zero-order valence-corrected chi connectivity index (χ0v) is 13.4. The van der Waals surface area contributed by atoms with Gasteiger partial charge in [-0.15, -0.1) is 0 Å². The molecule has 0 bridgehead atoms. The molecule has 6 nitrogen and oxygen atoms in total. The molecular formula is C17H21N3O3. The summed E-state index contributed by atoms with van der Waals surface area (Å²) in [5.41, 5.74) is 1.05. The van der Waals surface area contributed by atoms with Crippen LogP contribution in [0.5, 0.6) is 11.5 Å². The fourth-order valence-corrected chi connectivity index (χ4v) is 2.76. The molecule has 1 aliphatic heterocycles. The number of likely N-dealkylation sites (tertiary alicyclic amines) is 1. The van der Waals surface area contributed by atoms with E-state index < -0.39 is 0 Å². The smallest absolute Gasteiger partial charge is 0.260 e. The van der Waals surface area contributed by atoms with Gasteiger partial charge in [0.25, 0.3) is 5.91 Å². The summed E-state index contributed by atoms with van der Waals surface area (Å²) in [5, 5.41) is 0. The minimum Gasteiger partial charge on any atom is -0.497 e. The number of aryl methyl sites for hydroxylation is 1. The lowest BCUT2D eigenvalue weighted by atomic mass is 10.1. The molecule has 1 amide bonds. The number of H-pyrrole nitrogens is 1. The van der Waals surface area contributed by atoms with E-state index in [0.717, 1.165) is 30.2 Å². The molecule has 0 spiro atoms. The number of nitrogens with zero attached hydrogens (tertiary/aromatic N) is 2. The number of carbonyl (C=O) groups excluding carboxylic acids is 1. The third kappa shape index (κ3) is 3.64. The van der Waals surface area contributed by atoms with Crippen LogP contribution in [0.3, 0.4) is 0 Å². The highest BCUT2D eigenvalue weighted by Gasteiger charge is 2.29. The van der Waals surface area contributed by atoms with Crippen molar-refractivity contribution in [2.75, 3.05) is 26.8 Å². The van der Waals surface area contributed by atoms with Crippen LogP contribution < -0.4 is 9.47 Å². The summed E-state index contributed by atoms with van der Waals surface area (Å²) >= 11 is 0. The summed E-state index contributed by atoms with van der Waals surface area (Å²) in [6, 6.07) is 7.21.